The highest BCUT2D eigenvalue weighted by Crippen LogP contribution is 2.21. The van der Waals surface area contributed by atoms with Gasteiger partial charge in [-0.05, 0) is 18.2 Å². The van der Waals surface area contributed by atoms with Crippen molar-refractivity contribution in [2.45, 2.75) is 0 Å². The summed E-state index contributed by atoms with van der Waals surface area (Å²) in [5, 5.41) is 9.20. The van der Waals surface area contributed by atoms with E-state index in [9.17, 15) is 4.79 Å². The molecule has 0 aliphatic heterocycles. The number of aromatic carboxylic acids is 1. The van der Waals surface area contributed by atoms with Crippen molar-refractivity contribution >= 4 is 17.6 Å². The molecule has 5 nitrogen and oxygen atoms in total. The molecular formula is C11H7ClN2O3. The fourth-order valence-corrected chi connectivity index (χ4v) is 1.30. The van der Waals surface area contributed by atoms with E-state index in [1.807, 2.05) is 0 Å². The van der Waals surface area contributed by atoms with Crippen LogP contribution in [0.5, 0.6) is 11.8 Å². The molecule has 6 heteroatoms. The summed E-state index contributed by atoms with van der Waals surface area (Å²) >= 11 is 5.78. The molecule has 0 fully saturated rings. The van der Waals surface area contributed by atoms with Gasteiger partial charge in [0.05, 0.1) is 5.56 Å². The van der Waals surface area contributed by atoms with Crippen LogP contribution in [0.4, 0.5) is 0 Å². The fourth-order valence-electron chi connectivity index (χ4n) is 1.12. The molecule has 0 spiro atoms. The van der Waals surface area contributed by atoms with Crippen LogP contribution in [-0.4, -0.2) is 21.0 Å². The second kappa shape index (κ2) is 4.80. The molecule has 2 aromatic rings. The molecule has 0 aliphatic rings. The minimum atomic E-state index is -1.08. The zero-order valence-electron chi connectivity index (χ0n) is 8.50. The van der Waals surface area contributed by atoms with Crippen molar-refractivity contribution in [1.29, 1.82) is 0 Å². The average molecular weight is 251 g/mol. The van der Waals surface area contributed by atoms with E-state index in [-0.39, 0.29) is 11.6 Å². The van der Waals surface area contributed by atoms with E-state index in [4.69, 9.17) is 21.4 Å². The summed E-state index contributed by atoms with van der Waals surface area (Å²) in [4.78, 5) is 18.1. The molecule has 86 valence electrons. The molecule has 17 heavy (non-hydrogen) atoms. The van der Waals surface area contributed by atoms with Crippen LogP contribution in [0.25, 0.3) is 0 Å². The highest BCUT2D eigenvalue weighted by molar-refractivity contribution is 6.30. The van der Waals surface area contributed by atoms with Crippen molar-refractivity contribution in [3.63, 3.8) is 0 Å². The summed E-state index contributed by atoms with van der Waals surface area (Å²) < 4.78 is 5.29. The second-order valence-corrected chi connectivity index (χ2v) is 3.56. The first kappa shape index (κ1) is 11.3. The van der Waals surface area contributed by atoms with Gasteiger partial charge in [-0.15, -0.1) is 0 Å². The van der Waals surface area contributed by atoms with Crippen molar-refractivity contribution in [1.82, 2.24) is 9.97 Å². The van der Waals surface area contributed by atoms with Gasteiger partial charge >= 0.3 is 12.0 Å². The molecule has 0 aliphatic carbocycles. The lowest BCUT2D eigenvalue weighted by Crippen LogP contribution is -1.99. The van der Waals surface area contributed by atoms with Gasteiger partial charge in [0.15, 0.2) is 0 Å². The van der Waals surface area contributed by atoms with Gasteiger partial charge in [0.25, 0.3) is 0 Å². The number of carbonyl (C=O) groups is 1. The quantitative estimate of drug-likeness (QED) is 0.907. The van der Waals surface area contributed by atoms with Gasteiger partial charge in [-0.25, -0.2) is 14.8 Å². The standard InChI is InChI=1S/C11H7ClN2O3/c12-8-2-1-3-9(4-8)17-11-13-5-7(6-14-11)10(15)16/h1-6H,(H,15,16). The number of carboxylic acids is 1. The van der Waals surface area contributed by atoms with E-state index >= 15 is 0 Å². The van der Waals surface area contributed by atoms with E-state index in [2.05, 4.69) is 9.97 Å². The topological polar surface area (TPSA) is 72.3 Å². The first-order valence-electron chi connectivity index (χ1n) is 4.64. The molecule has 0 amide bonds. The third kappa shape index (κ3) is 2.92. The number of aromatic nitrogens is 2. The molecular weight excluding hydrogens is 244 g/mol. The summed E-state index contributed by atoms with van der Waals surface area (Å²) in [5.41, 5.74) is 0.00319. The molecule has 1 heterocycles. The Kier molecular flexibility index (Phi) is 3.20. The third-order valence-corrected chi connectivity index (χ3v) is 2.12. The summed E-state index contributed by atoms with van der Waals surface area (Å²) in [6, 6.07) is 6.81. The molecule has 0 saturated heterocycles. The van der Waals surface area contributed by atoms with Crippen molar-refractivity contribution < 1.29 is 14.6 Å². The van der Waals surface area contributed by atoms with Gasteiger partial charge in [-0.1, -0.05) is 17.7 Å². The summed E-state index contributed by atoms with van der Waals surface area (Å²) in [6.45, 7) is 0. The maximum atomic E-state index is 10.6. The smallest absolute Gasteiger partial charge is 0.338 e. The average Bonchev–Trinajstić information content (AvgIpc) is 2.29. The van der Waals surface area contributed by atoms with Crippen LogP contribution < -0.4 is 4.74 Å². The van der Waals surface area contributed by atoms with Crippen LogP contribution in [0.1, 0.15) is 10.4 Å². The van der Waals surface area contributed by atoms with Crippen molar-refractivity contribution in [2.75, 3.05) is 0 Å². The minimum absolute atomic E-state index is 0.00319. The summed E-state index contributed by atoms with van der Waals surface area (Å²) in [7, 11) is 0. The SMILES string of the molecule is O=C(O)c1cnc(Oc2cccc(Cl)c2)nc1. The first-order chi connectivity index (χ1) is 8.15. The van der Waals surface area contributed by atoms with Gasteiger partial charge < -0.3 is 9.84 Å². The molecule has 1 N–H and O–H groups in total. The Morgan fingerprint density at radius 1 is 1.29 bits per heavy atom. The van der Waals surface area contributed by atoms with E-state index < -0.39 is 5.97 Å². The Bertz CT molecular complexity index is 543. The summed E-state index contributed by atoms with van der Waals surface area (Å²) in [5.74, 6) is -0.597. The van der Waals surface area contributed by atoms with Gasteiger partial charge in [-0.2, -0.15) is 0 Å². The Morgan fingerprint density at radius 2 is 2.00 bits per heavy atom. The van der Waals surface area contributed by atoms with E-state index in [0.717, 1.165) is 0 Å². The Morgan fingerprint density at radius 3 is 2.59 bits per heavy atom. The highest BCUT2D eigenvalue weighted by atomic mass is 35.5. The normalized spacial score (nSPS) is 9.94. The number of rotatable bonds is 3. The molecule has 0 atom stereocenters. The van der Waals surface area contributed by atoms with E-state index in [0.29, 0.717) is 10.8 Å². The van der Waals surface area contributed by atoms with Crippen LogP contribution in [0.15, 0.2) is 36.7 Å². The van der Waals surface area contributed by atoms with E-state index in [1.54, 1.807) is 24.3 Å². The minimum Gasteiger partial charge on any atom is -0.478 e. The predicted molar refractivity (Wildman–Crippen MR) is 60.5 cm³/mol. The number of hydrogen-bond acceptors (Lipinski definition) is 4. The Hall–Kier alpha value is -2.14. The van der Waals surface area contributed by atoms with Crippen molar-refractivity contribution in [2.24, 2.45) is 0 Å². The molecule has 0 saturated carbocycles. The predicted octanol–water partition coefficient (Wildman–Crippen LogP) is 2.62. The van der Waals surface area contributed by atoms with Crippen molar-refractivity contribution in [3.8, 4) is 11.8 Å². The maximum Gasteiger partial charge on any atom is 0.338 e. The molecule has 2 rings (SSSR count). The van der Waals surface area contributed by atoms with Gasteiger partial charge in [0.1, 0.15) is 5.75 Å². The lowest BCUT2D eigenvalue weighted by Gasteiger charge is -2.03. The van der Waals surface area contributed by atoms with Gasteiger partial charge in [0.2, 0.25) is 0 Å². The maximum absolute atomic E-state index is 10.6. The number of hydrogen-bond donors (Lipinski definition) is 1. The third-order valence-electron chi connectivity index (χ3n) is 1.88. The fraction of sp³-hybridized carbons (Fsp3) is 0. The lowest BCUT2D eigenvalue weighted by molar-refractivity contribution is 0.0696. The zero-order chi connectivity index (χ0) is 12.3. The number of benzene rings is 1. The number of halogens is 1. The van der Waals surface area contributed by atoms with Crippen LogP contribution in [0.3, 0.4) is 0 Å². The van der Waals surface area contributed by atoms with Crippen LogP contribution in [-0.2, 0) is 0 Å². The molecule has 0 radical (unpaired) electrons. The van der Waals surface area contributed by atoms with Crippen LogP contribution in [0.2, 0.25) is 5.02 Å². The summed E-state index contributed by atoms with van der Waals surface area (Å²) in [6.07, 6.45) is 2.35. The molecule has 1 aromatic carbocycles. The zero-order valence-corrected chi connectivity index (χ0v) is 9.26. The molecule has 0 unspecified atom stereocenters. The Labute approximate surface area is 102 Å². The highest BCUT2D eigenvalue weighted by Gasteiger charge is 2.05. The number of nitrogens with zero attached hydrogens (tertiary/aromatic N) is 2. The second-order valence-electron chi connectivity index (χ2n) is 3.12. The largest absolute Gasteiger partial charge is 0.478 e. The van der Waals surface area contributed by atoms with Crippen LogP contribution >= 0.6 is 11.6 Å². The molecule has 1 aromatic heterocycles. The van der Waals surface area contributed by atoms with Gasteiger partial charge in [0, 0.05) is 17.4 Å². The van der Waals surface area contributed by atoms with E-state index in [1.165, 1.54) is 12.4 Å². The van der Waals surface area contributed by atoms with Gasteiger partial charge in [-0.3, -0.25) is 0 Å². The number of carboxylic acid groups (broad SMARTS) is 1. The lowest BCUT2D eigenvalue weighted by atomic mass is 10.3. The monoisotopic (exact) mass is 250 g/mol. The van der Waals surface area contributed by atoms with Crippen molar-refractivity contribution in [3.05, 3.63) is 47.2 Å². The van der Waals surface area contributed by atoms with Crippen LogP contribution in [0, 0.1) is 0 Å². The molecule has 0 bridgehead atoms. The Balaban J connectivity index is 2.16. The number of ether oxygens (including phenoxy) is 1. The first-order valence-corrected chi connectivity index (χ1v) is 5.02.